The molecule has 1 aromatic carbocycles. The van der Waals surface area contributed by atoms with Crippen LogP contribution >= 0.6 is 11.3 Å². The van der Waals surface area contributed by atoms with Crippen molar-refractivity contribution in [1.82, 2.24) is 14.8 Å². The fourth-order valence-corrected chi connectivity index (χ4v) is 4.70. The number of fused-ring (bicyclic) bond motifs is 1. The standard InChI is InChI=1S/C22H20FN5O2S/c1-14-17-13-19(31-22(17)28(26-14)16-6-4-15(23)5-7-16)21(29)25-18-3-2-8-24-20(18)27-9-11-30-12-10-27/h2-8,13H,9-12H2,1H3,(H,25,29). The number of halogens is 1. The Balaban J connectivity index is 1.45. The molecule has 0 aliphatic carbocycles. The lowest BCUT2D eigenvalue weighted by Crippen LogP contribution is -2.37. The Morgan fingerprint density at radius 1 is 1.19 bits per heavy atom. The largest absolute Gasteiger partial charge is 0.378 e. The summed E-state index contributed by atoms with van der Waals surface area (Å²) in [5.74, 6) is 0.241. The molecule has 0 spiro atoms. The second kappa shape index (κ2) is 8.09. The topological polar surface area (TPSA) is 72.3 Å². The third kappa shape index (κ3) is 3.77. The van der Waals surface area contributed by atoms with Crippen LogP contribution in [-0.2, 0) is 4.74 Å². The van der Waals surface area contributed by atoms with Gasteiger partial charge in [0.1, 0.15) is 10.6 Å². The summed E-state index contributed by atoms with van der Waals surface area (Å²) in [6.07, 6.45) is 1.72. The monoisotopic (exact) mass is 437 g/mol. The van der Waals surface area contributed by atoms with Crippen molar-refractivity contribution in [1.29, 1.82) is 0 Å². The summed E-state index contributed by atoms with van der Waals surface area (Å²) in [4.78, 5) is 21.1. The zero-order chi connectivity index (χ0) is 21.4. The first-order valence-electron chi connectivity index (χ1n) is 9.94. The minimum Gasteiger partial charge on any atom is -0.378 e. The molecule has 4 heterocycles. The molecule has 0 bridgehead atoms. The molecule has 3 aromatic heterocycles. The highest BCUT2D eigenvalue weighted by molar-refractivity contribution is 7.20. The van der Waals surface area contributed by atoms with Crippen LogP contribution in [-0.4, -0.2) is 47.0 Å². The number of nitrogens with one attached hydrogen (secondary N) is 1. The molecule has 5 rings (SSSR count). The summed E-state index contributed by atoms with van der Waals surface area (Å²) < 4.78 is 20.5. The number of aromatic nitrogens is 3. The number of ether oxygens (including phenoxy) is 1. The van der Waals surface area contributed by atoms with Gasteiger partial charge in [-0.05, 0) is 49.4 Å². The molecular formula is C22H20FN5O2S. The number of morpholine rings is 1. The van der Waals surface area contributed by atoms with E-state index in [9.17, 15) is 9.18 Å². The smallest absolute Gasteiger partial charge is 0.265 e. The number of carbonyl (C=O) groups is 1. The van der Waals surface area contributed by atoms with Gasteiger partial charge in [0.05, 0.1) is 35.2 Å². The van der Waals surface area contributed by atoms with Gasteiger partial charge in [0.25, 0.3) is 5.91 Å². The van der Waals surface area contributed by atoms with E-state index in [-0.39, 0.29) is 11.7 Å². The van der Waals surface area contributed by atoms with Crippen LogP contribution < -0.4 is 10.2 Å². The maximum Gasteiger partial charge on any atom is 0.265 e. The van der Waals surface area contributed by atoms with Gasteiger partial charge in [-0.25, -0.2) is 14.1 Å². The van der Waals surface area contributed by atoms with E-state index in [1.165, 1.54) is 23.5 Å². The van der Waals surface area contributed by atoms with Gasteiger partial charge >= 0.3 is 0 Å². The molecule has 1 amide bonds. The van der Waals surface area contributed by atoms with Crippen LogP contribution in [0.1, 0.15) is 15.4 Å². The first-order chi connectivity index (χ1) is 15.1. The number of carbonyl (C=O) groups excluding carboxylic acids is 1. The highest BCUT2D eigenvalue weighted by atomic mass is 32.1. The third-order valence-electron chi connectivity index (χ3n) is 5.19. The number of rotatable bonds is 4. The number of anilines is 2. The highest BCUT2D eigenvalue weighted by Gasteiger charge is 2.20. The third-order valence-corrected chi connectivity index (χ3v) is 6.29. The molecular weight excluding hydrogens is 417 g/mol. The van der Waals surface area contributed by atoms with Gasteiger partial charge in [-0.3, -0.25) is 4.79 Å². The lowest BCUT2D eigenvalue weighted by Gasteiger charge is -2.29. The summed E-state index contributed by atoms with van der Waals surface area (Å²) >= 11 is 1.35. The van der Waals surface area contributed by atoms with Gasteiger partial charge in [-0.1, -0.05) is 0 Å². The summed E-state index contributed by atoms with van der Waals surface area (Å²) in [6, 6.07) is 11.7. The van der Waals surface area contributed by atoms with E-state index < -0.39 is 0 Å². The minimum absolute atomic E-state index is 0.200. The van der Waals surface area contributed by atoms with Crippen molar-refractivity contribution in [2.45, 2.75) is 6.92 Å². The van der Waals surface area contributed by atoms with E-state index in [1.807, 2.05) is 19.1 Å². The van der Waals surface area contributed by atoms with Crippen molar-refractivity contribution in [3.05, 3.63) is 65.0 Å². The molecule has 158 valence electrons. The van der Waals surface area contributed by atoms with E-state index in [0.29, 0.717) is 23.8 Å². The SMILES string of the molecule is Cc1nn(-c2ccc(F)cc2)c2sc(C(=O)Nc3cccnc3N3CCOCC3)cc12. The van der Waals surface area contributed by atoms with Crippen LogP contribution in [0.2, 0.25) is 0 Å². The first-order valence-corrected chi connectivity index (χ1v) is 10.8. The van der Waals surface area contributed by atoms with Crippen molar-refractivity contribution in [2.24, 2.45) is 0 Å². The van der Waals surface area contributed by atoms with Crippen LogP contribution in [0.15, 0.2) is 48.7 Å². The number of hydrogen-bond donors (Lipinski definition) is 1. The zero-order valence-electron chi connectivity index (χ0n) is 16.8. The van der Waals surface area contributed by atoms with Crippen molar-refractivity contribution in [3.8, 4) is 5.69 Å². The lowest BCUT2D eigenvalue weighted by atomic mass is 10.3. The number of hydrogen-bond acceptors (Lipinski definition) is 6. The van der Waals surface area contributed by atoms with Crippen LogP contribution in [0.25, 0.3) is 15.9 Å². The molecule has 1 fully saturated rings. The molecule has 7 nitrogen and oxygen atoms in total. The Labute approximate surface area is 182 Å². The molecule has 31 heavy (non-hydrogen) atoms. The Morgan fingerprint density at radius 2 is 1.97 bits per heavy atom. The molecule has 0 unspecified atom stereocenters. The van der Waals surface area contributed by atoms with Gasteiger partial charge < -0.3 is 15.0 Å². The maximum atomic E-state index is 13.3. The highest BCUT2D eigenvalue weighted by Crippen LogP contribution is 2.32. The van der Waals surface area contributed by atoms with E-state index in [1.54, 1.807) is 29.1 Å². The van der Waals surface area contributed by atoms with Crippen molar-refractivity contribution in [2.75, 3.05) is 36.5 Å². The number of thiophene rings is 1. The molecule has 0 atom stereocenters. The summed E-state index contributed by atoms with van der Waals surface area (Å²) in [7, 11) is 0. The fourth-order valence-electron chi connectivity index (χ4n) is 3.62. The minimum atomic E-state index is -0.303. The van der Waals surface area contributed by atoms with Gasteiger partial charge in [0.15, 0.2) is 5.82 Å². The van der Waals surface area contributed by atoms with Gasteiger partial charge in [0.2, 0.25) is 0 Å². The molecule has 4 aromatic rings. The first kappa shape index (κ1) is 19.7. The molecule has 1 N–H and O–H groups in total. The molecule has 9 heteroatoms. The number of amides is 1. The van der Waals surface area contributed by atoms with Crippen molar-refractivity contribution < 1.29 is 13.9 Å². The van der Waals surface area contributed by atoms with Crippen LogP contribution in [0.3, 0.4) is 0 Å². The molecule has 0 radical (unpaired) electrons. The summed E-state index contributed by atoms with van der Waals surface area (Å²) in [5.41, 5.74) is 2.23. The maximum absolute atomic E-state index is 13.3. The number of benzene rings is 1. The van der Waals surface area contributed by atoms with E-state index in [4.69, 9.17) is 4.74 Å². The normalized spacial score (nSPS) is 14.2. The van der Waals surface area contributed by atoms with Crippen molar-refractivity contribution >= 4 is 39.0 Å². The van der Waals surface area contributed by atoms with Gasteiger partial charge in [0, 0.05) is 24.7 Å². The average Bonchev–Trinajstić information content (AvgIpc) is 3.36. The van der Waals surface area contributed by atoms with E-state index in [2.05, 4.69) is 20.3 Å². The predicted octanol–water partition coefficient (Wildman–Crippen LogP) is 4.02. The zero-order valence-corrected chi connectivity index (χ0v) is 17.7. The molecule has 1 aliphatic rings. The number of pyridine rings is 1. The van der Waals surface area contributed by atoms with Crippen molar-refractivity contribution in [3.63, 3.8) is 0 Å². The fraction of sp³-hybridized carbons (Fsp3) is 0.227. The Kier molecular flexibility index (Phi) is 5.13. The van der Waals surface area contributed by atoms with Crippen LogP contribution in [0, 0.1) is 12.7 Å². The lowest BCUT2D eigenvalue weighted by molar-refractivity contribution is 0.103. The Bertz CT molecular complexity index is 1240. The second-order valence-electron chi connectivity index (χ2n) is 7.23. The average molecular weight is 438 g/mol. The Hall–Kier alpha value is -3.30. The van der Waals surface area contributed by atoms with Gasteiger partial charge in [-0.15, -0.1) is 11.3 Å². The molecule has 0 saturated carbocycles. The Morgan fingerprint density at radius 3 is 2.74 bits per heavy atom. The van der Waals surface area contributed by atoms with Crippen LogP contribution in [0.5, 0.6) is 0 Å². The van der Waals surface area contributed by atoms with Crippen LogP contribution in [0.4, 0.5) is 15.9 Å². The van der Waals surface area contributed by atoms with Gasteiger partial charge in [-0.2, -0.15) is 5.10 Å². The molecule has 1 saturated heterocycles. The summed E-state index contributed by atoms with van der Waals surface area (Å²) in [5, 5.41) is 8.46. The van der Waals surface area contributed by atoms with E-state index in [0.717, 1.165) is 40.5 Å². The number of nitrogens with zero attached hydrogens (tertiary/aromatic N) is 4. The van der Waals surface area contributed by atoms with E-state index >= 15 is 0 Å². The summed E-state index contributed by atoms with van der Waals surface area (Å²) in [6.45, 7) is 4.64. The number of aryl methyl sites for hydroxylation is 1. The quantitative estimate of drug-likeness (QED) is 0.522. The predicted molar refractivity (Wildman–Crippen MR) is 119 cm³/mol. The molecule has 1 aliphatic heterocycles. The second-order valence-corrected chi connectivity index (χ2v) is 8.26.